The van der Waals surface area contributed by atoms with Crippen molar-refractivity contribution in [2.24, 2.45) is 0 Å². The van der Waals surface area contributed by atoms with Gasteiger partial charge in [0, 0.05) is 6.92 Å². The lowest BCUT2D eigenvalue weighted by Crippen LogP contribution is -2.52. The minimum absolute atomic E-state index is 0.233. The molecule has 1 unspecified atom stereocenters. The first-order valence-electron chi connectivity index (χ1n) is 6.48. The van der Waals surface area contributed by atoms with Gasteiger partial charge in [0.2, 0.25) is 5.91 Å². The van der Waals surface area contributed by atoms with E-state index in [2.05, 4.69) is 5.32 Å². The highest BCUT2D eigenvalue weighted by atomic mass is 16.5. The average Bonchev–Trinajstić information content (AvgIpc) is 2.37. The first-order valence-corrected chi connectivity index (χ1v) is 6.48. The Labute approximate surface area is 114 Å². The number of ether oxygens (including phenoxy) is 1. The summed E-state index contributed by atoms with van der Waals surface area (Å²) in [4.78, 5) is 23.2. The van der Waals surface area contributed by atoms with Crippen LogP contribution in [0.15, 0.2) is 30.3 Å². The van der Waals surface area contributed by atoms with Gasteiger partial charge in [0.25, 0.3) is 0 Å². The third-order valence-corrected chi connectivity index (χ3v) is 2.93. The smallest absolute Gasteiger partial charge is 0.331 e. The Morgan fingerprint density at radius 1 is 1.26 bits per heavy atom. The van der Waals surface area contributed by atoms with Gasteiger partial charge >= 0.3 is 5.97 Å². The van der Waals surface area contributed by atoms with Crippen LogP contribution in [0.1, 0.15) is 32.8 Å². The van der Waals surface area contributed by atoms with Crippen LogP contribution in [0, 0.1) is 0 Å². The lowest BCUT2D eigenvalue weighted by atomic mass is 9.93. The third kappa shape index (κ3) is 4.73. The number of carbonyl (C=O) groups excluding carboxylic acids is 2. The zero-order valence-electron chi connectivity index (χ0n) is 11.7. The lowest BCUT2D eigenvalue weighted by Gasteiger charge is -2.28. The second kappa shape index (κ2) is 6.92. The predicted molar refractivity (Wildman–Crippen MR) is 73.6 cm³/mol. The molecule has 0 bridgehead atoms. The number of aryl methyl sites for hydroxylation is 1. The third-order valence-electron chi connectivity index (χ3n) is 2.93. The Kier molecular flexibility index (Phi) is 5.55. The van der Waals surface area contributed by atoms with E-state index in [-0.39, 0.29) is 11.9 Å². The molecule has 0 radical (unpaired) electrons. The molecule has 104 valence electrons. The maximum atomic E-state index is 12.0. The topological polar surface area (TPSA) is 55.4 Å². The number of hydrogen-bond donors (Lipinski definition) is 1. The highest BCUT2D eigenvalue weighted by Crippen LogP contribution is 2.16. The summed E-state index contributed by atoms with van der Waals surface area (Å²) in [5.74, 6) is -0.621. The maximum Gasteiger partial charge on any atom is 0.331 e. The van der Waals surface area contributed by atoms with Crippen LogP contribution in [0.3, 0.4) is 0 Å². The monoisotopic (exact) mass is 263 g/mol. The number of amides is 1. The fraction of sp³-hybridized carbons (Fsp3) is 0.467. The summed E-state index contributed by atoms with van der Waals surface area (Å²) < 4.78 is 5.04. The van der Waals surface area contributed by atoms with Crippen molar-refractivity contribution in [3.8, 4) is 0 Å². The number of benzene rings is 1. The molecule has 0 saturated carbocycles. The van der Waals surface area contributed by atoms with Gasteiger partial charge in [-0.25, -0.2) is 4.79 Å². The fourth-order valence-corrected chi connectivity index (χ4v) is 1.93. The van der Waals surface area contributed by atoms with Gasteiger partial charge in [-0.05, 0) is 32.3 Å². The van der Waals surface area contributed by atoms with E-state index in [1.54, 1.807) is 13.8 Å². The standard InChI is InChI=1S/C15H21NO3/c1-4-19-14(18)15(3,16-12(2)17)11-10-13-8-6-5-7-9-13/h5-9H,4,10-11H2,1-3H3,(H,16,17). The molecule has 0 aliphatic rings. The summed E-state index contributed by atoms with van der Waals surface area (Å²) in [5.41, 5.74) is 0.154. The van der Waals surface area contributed by atoms with Crippen LogP contribution in [0.4, 0.5) is 0 Å². The van der Waals surface area contributed by atoms with Gasteiger partial charge < -0.3 is 10.1 Å². The number of esters is 1. The first kappa shape index (κ1) is 15.2. The molecule has 0 aliphatic heterocycles. The molecule has 0 aromatic heterocycles. The highest BCUT2D eigenvalue weighted by molar-refractivity contribution is 5.86. The van der Waals surface area contributed by atoms with Crippen molar-refractivity contribution in [3.63, 3.8) is 0 Å². The molecule has 0 spiro atoms. The SMILES string of the molecule is CCOC(=O)C(C)(CCc1ccccc1)NC(C)=O. The Hall–Kier alpha value is -1.84. The molecular formula is C15H21NO3. The molecule has 4 nitrogen and oxygen atoms in total. The summed E-state index contributed by atoms with van der Waals surface area (Å²) in [6.45, 7) is 5.16. The van der Waals surface area contributed by atoms with Crippen LogP contribution in [0.5, 0.6) is 0 Å². The van der Waals surface area contributed by atoms with Crippen molar-refractivity contribution in [1.29, 1.82) is 0 Å². The van der Waals surface area contributed by atoms with Crippen molar-refractivity contribution in [2.45, 2.75) is 39.2 Å². The molecule has 0 fully saturated rings. The minimum Gasteiger partial charge on any atom is -0.464 e. The van der Waals surface area contributed by atoms with Crippen LogP contribution in [-0.2, 0) is 20.7 Å². The van der Waals surface area contributed by atoms with Gasteiger partial charge in [0.05, 0.1) is 6.61 Å². The molecule has 4 heteroatoms. The molecule has 1 N–H and O–H groups in total. The molecular weight excluding hydrogens is 242 g/mol. The van der Waals surface area contributed by atoms with Crippen LogP contribution >= 0.6 is 0 Å². The molecule has 0 heterocycles. The summed E-state index contributed by atoms with van der Waals surface area (Å²) in [6.07, 6.45) is 1.21. The van der Waals surface area contributed by atoms with Gasteiger partial charge in [0.15, 0.2) is 0 Å². The van der Waals surface area contributed by atoms with Gasteiger partial charge in [-0.2, -0.15) is 0 Å². The molecule has 1 aromatic rings. The van der Waals surface area contributed by atoms with Crippen LogP contribution in [0.25, 0.3) is 0 Å². The van der Waals surface area contributed by atoms with E-state index in [1.165, 1.54) is 6.92 Å². The van der Waals surface area contributed by atoms with Crippen LogP contribution in [-0.4, -0.2) is 24.0 Å². The van der Waals surface area contributed by atoms with E-state index in [1.807, 2.05) is 30.3 Å². The van der Waals surface area contributed by atoms with Crippen molar-refractivity contribution in [3.05, 3.63) is 35.9 Å². The minimum atomic E-state index is -0.975. The second-order valence-corrected chi connectivity index (χ2v) is 4.72. The number of rotatable bonds is 6. The summed E-state index contributed by atoms with van der Waals surface area (Å²) in [6, 6.07) is 9.85. The summed E-state index contributed by atoms with van der Waals surface area (Å²) in [7, 11) is 0. The number of carbonyl (C=O) groups is 2. The van der Waals surface area contributed by atoms with E-state index in [0.29, 0.717) is 19.4 Å². The average molecular weight is 263 g/mol. The number of nitrogens with one attached hydrogen (secondary N) is 1. The van der Waals surface area contributed by atoms with Crippen LogP contribution in [0.2, 0.25) is 0 Å². The van der Waals surface area contributed by atoms with Gasteiger partial charge in [-0.3, -0.25) is 4.79 Å². The van der Waals surface area contributed by atoms with Crippen molar-refractivity contribution in [1.82, 2.24) is 5.32 Å². The van der Waals surface area contributed by atoms with Gasteiger partial charge in [-0.1, -0.05) is 30.3 Å². The highest BCUT2D eigenvalue weighted by Gasteiger charge is 2.35. The molecule has 1 rings (SSSR count). The predicted octanol–water partition coefficient (Wildman–Crippen LogP) is 2.08. The molecule has 1 amide bonds. The fourth-order valence-electron chi connectivity index (χ4n) is 1.93. The molecule has 0 saturated heterocycles. The molecule has 1 aromatic carbocycles. The largest absolute Gasteiger partial charge is 0.464 e. The second-order valence-electron chi connectivity index (χ2n) is 4.72. The van der Waals surface area contributed by atoms with Gasteiger partial charge in [-0.15, -0.1) is 0 Å². The van der Waals surface area contributed by atoms with E-state index in [9.17, 15) is 9.59 Å². The van der Waals surface area contributed by atoms with Crippen molar-refractivity contribution >= 4 is 11.9 Å². The number of hydrogen-bond acceptors (Lipinski definition) is 3. The Morgan fingerprint density at radius 3 is 2.42 bits per heavy atom. The lowest BCUT2D eigenvalue weighted by molar-refractivity contribution is -0.152. The zero-order valence-corrected chi connectivity index (χ0v) is 11.7. The maximum absolute atomic E-state index is 12.0. The molecule has 19 heavy (non-hydrogen) atoms. The van der Waals surface area contributed by atoms with E-state index in [4.69, 9.17) is 4.74 Å². The van der Waals surface area contributed by atoms with Crippen LogP contribution < -0.4 is 5.32 Å². The Morgan fingerprint density at radius 2 is 1.89 bits per heavy atom. The Balaban J connectivity index is 2.74. The Bertz CT molecular complexity index is 430. The van der Waals surface area contributed by atoms with E-state index >= 15 is 0 Å². The summed E-state index contributed by atoms with van der Waals surface area (Å²) in [5, 5.41) is 2.70. The first-order chi connectivity index (χ1) is 8.98. The van der Waals surface area contributed by atoms with E-state index < -0.39 is 5.54 Å². The van der Waals surface area contributed by atoms with Crippen molar-refractivity contribution < 1.29 is 14.3 Å². The normalized spacial score (nSPS) is 13.4. The quantitative estimate of drug-likeness (QED) is 0.799. The van der Waals surface area contributed by atoms with Gasteiger partial charge in [0.1, 0.15) is 5.54 Å². The zero-order chi connectivity index (χ0) is 14.3. The molecule has 0 aliphatic carbocycles. The summed E-state index contributed by atoms with van der Waals surface area (Å²) >= 11 is 0. The van der Waals surface area contributed by atoms with E-state index in [0.717, 1.165) is 5.56 Å². The molecule has 1 atom stereocenters. The van der Waals surface area contributed by atoms with Crippen molar-refractivity contribution in [2.75, 3.05) is 6.61 Å².